The van der Waals surface area contributed by atoms with Crippen LogP contribution in [0.15, 0.2) is 42.5 Å². The van der Waals surface area contributed by atoms with Gasteiger partial charge in [0.1, 0.15) is 18.2 Å². The molecule has 2 rings (SSSR count). The van der Waals surface area contributed by atoms with Crippen molar-refractivity contribution in [1.82, 2.24) is 4.90 Å². The zero-order chi connectivity index (χ0) is 19.9. The van der Waals surface area contributed by atoms with Crippen LogP contribution in [0.2, 0.25) is 0 Å². The summed E-state index contributed by atoms with van der Waals surface area (Å²) < 4.78 is 10.8. The number of carbonyl (C=O) groups excluding carboxylic acids is 3. The Morgan fingerprint density at radius 2 is 1.78 bits per heavy atom. The first kappa shape index (κ1) is 20.7. The second kappa shape index (κ2) is 9.35. The molecule has 6 heteroatoms. The monoisotopic (exact) mass is 373 g/mol. The number of amides is 2. The highest BCUT2D eigenvalue weighted by molar-refractivity contribution is 5.97. The summed E-state index contributed by atoms with van der Waals surface area (Å²) >= 11 is 0. The minimum atomic E-state index is -0.997. The van der Waals surface area contributed by atoms with Crippen molar-refractivity contribution < 1.29 is 23.9 Å². The summed E-state index contributed by atoms with van der Waals surface area (Å²) in [6.07, 6.45) is 4.52. The lowest BCUT2D eigenvalue weighted by Gasteiger charge is -2.30. The van der Waals surface area contributed by atoms with Gasteiger partial charge in [0.2, 0.25) is 5.91 Å². The van der Waals surface area contributed by atoms with E-state index in [9.17, 15) is 14.4 Å². The van der Waals surface area contributed by atoms with Gasteiger partial charge >= 0.3 is 12.1 Å². The lowest BCUT2D eigenvalue weighted by Crippen LogP contribution is -2.50. The van der Waals surface area contributed by atoms with E-state index in [1.54, 1.807) is 20.8 Å². The molecule has 0 bridgehead atoms. The topological polar surface area (TPSA) is 72.9 Å². The average Bonchev–Trinajstić information content (AvgIpc) is 2.69. The molecule has 0 radical (unpaired) electrons. The number of hydrogen-bond donors (Lipinski definition) is 0. The van der Waals surface area contributed by atoms with Crippen molar-refractivity contribution in [1.29, 1.82) is 0 Å². The highest BCUT2D eigenvalue weighted by Gasteiger charge is 2.38. The first-order chi connectivity index (χ1) is 12.8. The Balaban J connectivity index is 2.19. The van der Waals surface area contributed by atoms with Crippen LogP contribution in [0.4, 0.5) is 4.79 Å². The van der Waals surface area contributed by atoms with Crippen molar-refractivity contribution in [2.45, 2.75) is 64.7 Å². The second-order valence-corrected chi connectivity index (χ2v) is 7.44. The predicted molar refractivity (Wildman–Crippen MR) is 101 cm³/mol. The number of hydrogen-bond acceptors (Lipinski definition) is 5. The minimum Gasteiger partial charge on any atom is -0.458 e. The maximum atomic E-state index is 12.7. The molecule has 1 aromatic rings. The molecule has 1 aliphatic heterocycles. The Labute approximate surface area is 160 Å². The van der Waals surface area contributed by atoms with E-state index in [4.69, 9.17) is 9.47 Å². The van der Waals surface area contributed by atoms with Gasteiger partial charge in [-0.15, -0.1) is 0 Å². The van der Waals surface area contributed by atoms with Gasteiger partial charge in [-0.3, -0.25) is 4.79 Å². The van der Waals surface area contributed by atoms with Crippen molar-refractivity contribution in [2.24, 2.45) is 0 Å². The Kier molecular flexibility index (Phi) is 7.16. The third-order valence-electron chi connectivity index (χ3n) is 3.96. The summed E-state index contributed by atoms with van der Waals surface area (Å²) in [6.45, 7) is 5.28. The van der Waals surface area contributed by atoms with Crippen molar-refractivity contribution in [3.8, 4) is 0 Å². The predicted octanol–water partition coefficient (Wildman–Crippen LogP) is 3.99. The molecule has 0 spiro atoms. The third-order valence-corrected chi connectivity index (χ3v) is 3.96. The lowest BCUT2D eigenvalue weighted by molar-refractivity contribution is -0.164. The van der Waals surface area contributed by atoms with Crippen LogP contribution in [0.3, 0.4) is 0 Å². The summed E-state index contributed by atoms with van der Waals surface area (Å²) in [5.41, 5.74) is 0.0895. The molecule has 1 atom stereocenters. The van der Waals surface area contributed by atoms with Crippen LogP contribution in [-0.2, 0) is 25.7 Å². The van der Waals surface area contributed by atoms with Crippen molar-refractivity contribution >= 4 is 18.0 Å². The molecule has 2 amide bonds. The molecule has 0 fully saturated rings. The largest absolute Gasteiger partial charge is 0.458 e. The van der Waals surface area contributed by atoms with Gasteiger partial charge in [-0.25, -0.2) is 14.5 Å². The number of ether oxygens (including phenoxy) is 2. The molecule has 1 aromatic carbocycles. The van der Waals surface area contributed by atoms with Crippen LogP contribution in [0.25, 0.3) is 0 Å². The first-order valence-corrected chi connectivity index (χ1v) is 9.18. The smallest absolute Gasteiger partial charge is 0.417 e. The highest BCUT2D eigenvalue weighted by Crippen LogP contribution is 2.20. The standard InChI is InChI=1S/C21H27NO5/c1-21(2,3)27-19(24)17-13-9-4-5-10-14-18(23)22(17)20(25)26-15-16-11-7-6-8-12-16/h4-8,11-12,17H,9-10,13-15H2,1-3H3/b5-4-/t17-/m0/s1. The summed E-state index contributed by atoms with van der Waals surface area (Å²) in [5, 5.41) is 0. The molecule has 146 valence electrons. The Morgan fingerprint density at radius 1 is 1.11 bits per heavy atom. The Hall–Kier alpha value is -2.63. The molecular weight excluding hydrogens is 346 g/mol. The molecule has 0 aromatic heterocycles. The van der Waals surface area contributed by atoms with Crippen LogP contribution < -0.4 is 0 Å². The summed E-state index contributed by atoms with van der Waals surface area (Å²) in [5.74, 6) is -1.03. The van der Waals surface area contributed by atoms with E-state index < -0.39 is 29.6 Å². The molecular formula is C21H27NO5. The molecule has 0 N–H and O–H groups in total. The molecule has 0 saturated carbocycles. The van der Waals surface area contributed by atoms with Gasteiger partial charge < -0.3 is 9.47 Å². The molecule has 0 unspecified atom stereocenters. The van der Waals surface area contributed by atoms with Gasteiger partial charge in [-0.05, 0) is 45.6 Å². The van der Waals surface area contributed by atoms with Crippen LogP contribution in [0.5, 0.6) is 0 Å². The van der Waals surface area contributed by atoms with E-state index in [0.29, 0.717) is 19.3 Å². The maximum absolute atomic E-state index is 12.7. The zero-order valence-corrected chi connectivity index (χ0v) is 16.1. The van der Waals surface area contributed by atoms with E-state index in [1.165, 1.54) is 0 Å². The number of benzene rings is 1. The van der Waals surface area contributed by atoms with Crippen molar-refractivity contribution in [2.75, 3.05) is 0 Å². The lowest BCUT2D eigenvalue weighted by atomic mass is 10.1. The molecule has 1 aliphatic rings. The Bertz CT molecular complexity index is 690. The van der Waals surface area contributed by atoms with Gasteiger partial charge in [0.25, 0.3) is 0 Å². The van der Waals surface area contributed by atoms with Crippen molar-refractivity contribution in [3.63, 3.8) is 0 Å². The number of imide groups is 1. The van der Waals surface area contributed by atoms with E-state index in [1.807, 2.05) is 42.5 Å². The second-order valence-electron chi connectivity index (χ2n) is 7.44. The Morgan fingerprint density at radius 3 is 2.44 bits per heavy atom. The van der Waals surface area contributed by atoms with Crippen LogP contribution in [0.1, 0.15) is 52.0 Å². The summed E-state index contributed by atoms with van der Waals surface area (Å²) in [4.78, 5) is 38.9. The molecule has 1 heterocycles. The molecule has 27 heavy (non-hydrogen) atoms. The maximum Gasteiger partial charge on any atom is 0.417 e. The average molecular weight is 373 g/mol. The van der Waals surface area contributed by atoms with E-state index in [0.717, 1.165) is 10.5 Å². The van der Waals surface area contributed by atoms with Crippen LogP contribution >= 0.6 is 0 Å². The molecule has 6 nitrogen and oxygen atoms in total. The van der Waals surface area contributed by atoms with E-state index in [2.05, 4.69) is 0 Å². The number of nitrogens with zero attached hydrogens (tertiary/aromatic N) is 1. The highest BCUT2D eigenvalue weighted by atomic mass is 16.6. The number of esters is 1. The number of allylic oxidation sites excluding steroid dienone is 2. The normalized spacial score (nSPS) is 19.4. The fourth-order valence-corrected chi connectivity index (χ4v) is 2.73. The van der Waals surface area contributed by atoms with Gasteiger partial charge in [-0.1, -0.05) is 42.5 Å². The van der Waals surface area contributed by atoms with E-state index >= 15 is 0 Å². The number of rotatable bonds is 3. The SMILES string of the molecule is CC(C)(C)OC(=O)[C@@H]1CC/C=C\CCC(=O)N1C(=O)OCc1ccccc1. The fraction of sp³-hybridized carbons (Fsp3) is 0.476. The zero-order valence-electron chi connectivity index (χ0n) is 16.1. The van der Waals surface area contributed by atoms with E-state index in [-0.39, 0.29) is 13.0 Å². The minimum absolute atomic E-state index is 0.0305. The van der Waals surface area contributed by atoms with Gasteiger partial charge in [0.05, 0.1) is 0 Å². The van der Waals surface area contributed by atoms with Crippen LogP contribution in [0, 0.1) is 0 Å². The quantitative estimate of drug-likeness (QED) is 0.592. The van der Waals surface area contributed by atoms with Gasteiger partial charge in [0, 0.05) is 6.42 Å². The van der Waals surface area contributed by atoms with Gasteiger partial charge in [0.15, 0.2) is 0 Å². The summed E-state index contributed by atoms with van der Waals surface area (Å²) in [7, 11) is 0. The summed E-state index contributed by atoms with van der Waals surface area (Å²) in [6, 6.07) is 8.18. The fourth-order valence-electron chi connectivity index (χ4n) is 2.73. The molecule has 0 aliphatic carbocycles. The third kappa shape index (κ3) is 6.55. The number of carbonyl (C=O) groups is 3. The molecule has 0 saturated heterocycles. The van der Waals surface area contributed by atoms with Crippen molar-refractivity contribution in [3.05, 3.63) is 48.0 Å². The first-order valence-electron chi connectivity index (χ1n) is 9.18. The van der Waals surface area contributed by atoms with Crippen LogP contribution in [-0.4, -0.2) is 34.5 Å². The van der Waals surface area contributed by atoms with Gasteiger partial charge in [-0.2, -0.15) is 0 Å².